The maximum atomic E-state index is 13.4. The number of methoxy groups -OCH3 is 1. The number of nitrogens with zero attached hydrogens (tertiary/aromatic N) is 2. The molecule has 0 aliphatic carbocycles. The van der Waals surface area contributed by atoms with Crippen LogP contribution in [-0.4, -0.2) is 59.6 Å². The van der Waals surface area contributed by atoms with E-state index in [2.05, 4.69) is 5.32 Å². The predicted molar refractivity (Wildman–Crippen MR) is 121 cm³/mol. The Labute approximate surface area is 194 Å². The van der Waals surface area contributed by atoms with E-state index in [0.29, 0.717) is 42.8 Å². The molecule has 0 radical (unpaired) electrons. The zero-order valence-corrected chi connectivity index (χ0v) is 19.6. The molecule has 1 N–H and O–H groups in total. The van der Waals surface area contributed by atoms with Gasteiger partial charge >= 0.3 is 6.18 Å². The van der Waals surface area contributed by atoms with Crippen molar-refractivity contribution in [3.05, 3.63) is 65.2 Å². The van der Waals surface area contributed by atoms with Crippen molar-refractivity contribution in [2.24, 2.45) is 0 Å². The van der Waals surface area contributed by atoms with Crippen LogP contribution in [0.4, 0.5) is 13.2 Å². The molecule has 180 valence electrons. The highest BCUT2D eigenvalue weighted by molar-refractivity contribution is 7.80. The van der Waals surface area contributed by atoms with Gasteiger partial charge in [-0.25, -0.2) is 12.8 Å². The van der Waals surface area contributed by atoms with Crippen LogP contribution in [-0.2, 0) is 22.8 Å². The van der Waals surface area contributed by atoms with Gasteiger partial charge in [0.05, 0.1) is 18.2 Å². The summed E-state index contributed by atoms with van der Waals surface area (Å²) in [6, 6.07) is 12.0. The van der Waals surface area contributed by atoms with E-state index in [9.17, 15) is 22.2 Å². The maximum absolute atomic E-state index is 13.4. The second-order valence-corrected chi connectivity index (χ2v) is 9.92. The number of halogens is 3. The molecule has 1 atom stereocenters. The summed E-state index contributed by atoms with van der Waals surface area (Å²) in [6.45, 7) is 0.991. The molecule has 0 bridgehead atoms. The SMILES string of the molecule is COc1ccccc1C(=O)NCC1(c2cccc(C(F)(F)F)c2)CCN(S(=O)N(C)C)CC1. The number of carbonyl (C=O) groups is 1. The Balaban J connectivity index is 1.89. The molecule has 10 heteroatoms. The van der Waals surface area contributed by atoms with Gasteiger partial charge in [0.2, 0.25) is 0 Å². The standard InChI is InChI=1S/C23H28F3N3O3S/c1-28(2)33(31)29-13-11-22(12-14-29,17-7-6-8-18(15-17)23(24,25)26)16-27-21(30)19-9-4-5-10-20(19)32-3/h4-10,15H,11-14,16H2,1-3H3,(H,27,30). The molecule has 2 aromatic rings. The first-order valence-corrected chi connectivity index (χ1v) is 11.6. The third-order valence-electron chi connectivity index (χ3n) is 5.95. The summed E-state index contributed by atoms with van der Waals surface area (Å²) in [5.74, 6) is 0.0532. The van der Waals surface area contributed by atoms with Gasteiger partial charge in [-0.15, -0.1) is 0 Å². The van der Waals surface area contributed by atoms with E-state index in [-0.39, 0.29) is 12.5 Å². The number of para-hydroxylation sites is 1. The first kappa shape index (κ1) is 25.2. The van der Waals surface area contributed by atoms with Gasteiger partial charge < -0.3 is 10.1 Å². The molecular formula is C23H28F3N3O3S. The minimum absolute atomic E-state index is 0.146. The summed E-state index contributed by atoms with van der Waals surface area (Å²) in [7, 11) is 4.88. The highest BCUT2D eigenvalue weighted by atomic mass is 32.2. The van der Waals surface area contributed by atoms with Crippen molar-refractivity contribution >= 4 is 17.1 Å². The monoisotopic (exact) mass is 483 g/mol. The van der Waals surface area contributed by atoms with E-state index < -0.39 is 28.3 Å². The average Bonchev–Trinajstić information content (AvgIpc) is 2.81. The quantitative estimate of drug-likeness (QED) is 0.655. The van der Waals surface area contributed by atoms with Crippen molar-refractivity contribution in [2.45, 2.75) is 24.4 Å². The Morgan fingerprint density at radius 1 is 1.15 bits per heavy atom. The van der Waals surface area contributed by atoms with Gasteiger partial charge in [0, 0.05) is 39.1 Å². The Morgan fingerprint density at radius 2 is 1.82 bits per heavy atom. The van der Waals surface area contributed by atoms with Crippen LogP contribution in [0.15, 0.2) is 48.5 Å². The number of alkyl halides is 3. The first-order valence-electron chi connectivity index (χ1n) is 10.5. The second kappa shape index (κ2) is 10.2. The zero-order valence-electron chi connectivity index (χ0n) is 18.8. The molecule has 1 aliphatic heterocycles. The molecule has 1 amide bonds. The third kappa shape index (κ3) is 5.74. The number of amides is 1. The normalized spacial score (nSPS) is 17.5. The molecule has 0 spiro atoms. The Hall–Kier alpha value is -2.43. The van der Waals surface area contributed by atoms with Crippen molar-refractivity contribution in [3.63, 3.8) is 0 Å². The van der Waals surface area contributed by atoms with Crippen LogP contribution in [0.2, 0.25) is 0 Å². The summed E-state index contributed by atoms with van der Waals surface area (Å²) < 4.78 is 61.3. The molecule has 6 nitrogen and oxygen atoms in total. The Bertz CT molecular complexity index is 1010. The van der Waals surface area contributed by atoms with Gasteiger partial charge in [-0.05, 0) is 36.6 Å². The smallest absolute Gasteiger partial charge is 0.416 e. The average molecular weight is 484 g/mol. The summed E-state index contributed by atoms with van der Waals surface area (Å²) >= 11 is -1.33. The fourth-order valence-electron chi connectivity index (χ4n) is 4.07. The number of hydrogen-bond acceptors (Lipinski definition) is 3. The van der Waals surface area contributed by atoms with Crippen LogP contribution in [0, 0.1) is 0 Å². The van der Waals surface area contributed by atoms with Gasteiger partial charge in [-0.3, -0.25) is 4.79 Å². The van der Waals surface area contributed by atoms with Crippen molar-refractivity contribution in [1.82, 2.24) is 13.9 Å². The number of hydrogen-bond donors (Lipinski definition) is 1. The third-order valence-corrected chi connectivity index (χ3v) is 7.39. The van der Waals surface area contributed by atoms with Crippen LogP contribution < -0.4 is 10.1 Å². The van der Waals surface area contributed by atoms with Gasteiger partial charge in [0.25, 0.3) is 5.91 Å². The maximum Gasteiger partial charge on any atom is 0.416 e. The highest BCUT2D eigenvalue weighted by Gasteiger charge is 2.40. The Kier molecular flexibility index (Phi) is 7.81. The lowest BCUT2D eigenvalue weighted by Gasteiger charge is -2.42. The molecule has 3 rings (SSSR count). The predicted octanol–water partition coefficient (Wildman–Crippen LogP) is 3.62. The molecule has 1 saturated heterocycles. The van der Waals surface area contributed by atoms with Crippen LogP contribution in [0.25, 0.3) is 0 Å². The molecule has 1 fully saturated rings. The number of ether oxygens (including phenoxy) is 1. The van der Waals surface area contributed by atoms with E-state index >= 15 is 0 Å². The zero-order chi connectivity index (χ0) is 24.2. The topological polar surface area (TPSA) is 61.9 Å². The lowest BCUT2D eigenvalue weighted by molar-refractivity contribution is -0.137. The molecule has 0 saturated carbocycles. The molecular weight excluding hydrogens is 455 g/mol. The highest BCUT2D eigenvalue weighted by Crippen LogP contribution is 2.39. The van der Waals surface area contributed by atoms with Crippen molar-refractivity contribution in [2.75, 3.05) is 40.8 Å². The van der Waals surface area contributed by atoms with Crippen LogP contribution in [0.3, 0.4) is 0 Å². The minimum Gasteiger partial charge on any atom is -0.496 e. The van der Waals surface area contributed by atoms with Crippen molar-refractivity contribution < 1.29 is 26.9 Å². The number of carbonyl (C=O) groups excluding carboxylic acids is 1. The number of nitrogens with one attached hydrogen (secondary N) is 1. The van der Waals surface area contributed by atoms with Crippen LogP contribution >= 0.6 is 0 Å². The van der Waals surface area contributed by atoms with E-state index in [4.69, 9.17) is 4.74 Å². The van der Waals surface area contributed by atoms with Crippen LogP contribution in [0.1, 0.15) is 34.3 Å². The van der Waals surface area contributed by atoms with Crippen LogP contribution in [0.5, 0.6) is 5.75 Å². The largest absolute Gasteiger partial charge is 0.496 e. The van der Waals surface area contributed by atoms with E-state index in [1.54, 1.807) is 53.0 Å². The van der Waals surface area contributed by atoms with Crippen molar-refractivity contribution in [1.29, 1.82) is 0 Å². The fraction of sp³-hybridized carbons (Fsp3) is 0.435. The summed E-state index contributed by atoms with van der Waals surface area (Å²) in [4.78, 5) is 12.9. The lowest BCUT2D eigenvalue weighted by atomic mass is 9.72. The summed E-state index contributed by atoms with van der Waals surface area (Å²) in [6.07, 6.45) is -3.58. The number of rotatable bonds is 7. The van der Waals surface area contributed by atoms with Crippen molar-refractivity contribution in [3.8, 4) is 5.75 Å². The molecule has 1 unspecified atom stereocenters. The van der Waals surface area contributed by atoms with E-state index in [1.165, 1.54) is 13.2 Å². The first-order chi connectivity index (χ1) is 15.6. The summed E-state index contributed by atoms with van der Waals surface area (Å²) in [5.41, 5.74) is -0.598. The van der Waals surface area contributed by atoms with Gasteiger partial charge in [0.1, 0.15) is 5.75 Å². The van der Waals surface area contributed by atoms with Gasteiger partial charge in [-0.2, -0.15) is 13.2 Å². The molecule has 33 heavy (non-hydrogen) atoms. The van der Waals surface area contributed by atoms with Gasteiger partial charge in [0.15, 0.2) is 11.2 Å². The Morgan fingerprint density at radius 3 is 2.42 bits per heavy atom. The second-order valence-electron chi connectivity index (χ2n) is 8.21. The molecule has 2 aromatic carbocycles. The number of piperidine rings is 1. The van der Waals surface area contributed by atoms with E-state index in [0.717, 1.165) is 12.1 Å². The summed E-state index contributed by atoms with van der Waals surface area (Å²) in [5, 5.41) is 2.90. The minimum atomic E-state index is -4.47. The molecule has 1 aliphatic rings. The number of benzene rings is 2. The lowest BCUT2D eigenvalue weighted by Crippen LogP contribution is -2.50. The fourth-order valence-corrected chi connectivity index (χ4v) is 5.03. The molecule has 1 heterocycles. The van der Waals surface area contributed by atoms with Gasteiger partial charge in [-0.1, -0.05) is 30.3 Å². The van der Waals surface area contributed by atoms with E-state index in [1.807, 2.05) is 0 Å². The molecule has 0 aromatic heterocycles.